The number of amides is 1. The zero-order chi connectivity index (χ0) is 24.2. The molecule has 35 heavy (non-hydrogen) atoms. The first-order chi connectivity index (χ1) is 17.0. The molecule has 0 aliphatic heterocycles. The Hall–Kier alpha value is -3.57. The molecule has 1 aliphatic carbocycles. The molecule has 0 saturated heterocycles. The molecule has 0 atom stereocenters. The number of halogens is 1. The standard InChI is InChI=1S/C23H24ClN9OS/c1-14-4-2-5-16(24)18(14)28-20(34)17-12-27-23(35-17)32-22-30-19(15-6-7-15)29-21(31-22)26-8-3-10-33-11-9-25-13-33/h2,4-5,9,11-13,15H,3,6-8,10H2,1H3,(H,28,34)(H2,26,27,29,30,31,32). The number of para-hydroxylation sites is 1. The van der Waals surface area contributed by atoms with Crippen molar-refractivity contribution < 1.29 is 4.79 Å². The van der Waals surface area contributed by atoms with Crippen molar-refractivity contribution in [1.29, 1.82) is 0 Å². The number of aryl methyl sites for hydroxylation is 2. The van der Waals surface area contributed by atoms with E-state index in [0.29, 0.717) is 38.5 Å². The number of thiazole rings is 1. The fourth-order valence-corrected chi connectivity index (χ4v) is 4.40. The third kappa shape index (κ3) is 5.92. The zero-order valence-corrected chi connectivity index (χ0v) is 20.6. The molecule has 3 aromatic heterocycles. The fraction of sp³-hybridized carbons (Fsp3) is 0.304. The van der Waals surface area contributed by atoms with Crippen molar-refractivity contribution in [2.75, 3.05) is 22.5 Å². The van der Waals surface area contributed by atoms with E-state index in [0.717, 1.165) is 43.7 Å². The Labute approximate surface area is 211 Å². The van der Waals surface area contributed by atoms with Gasteiger partial charge in [-0.2, -0.15) is 15.0 Å². The highest BCUT2D eigenvalue weighted by molar-refractivity contribution is 7.17. The molecule has 1 amide bonds. The summed E-state index contributed by atoms with van der Waals surface area (Å²) in [7, 11) is 0. The van der Waals surface area contributed by atoms with E-state index >= 15 is 0 Å². The zero-order valence-electron chi connectivity index (χ0n) is 19.0. The lowest BCUT2D eigenvalue weighted by atomic mass is 10.2. The topological polar surface area (TPSA) is 123 Å². The molecular weight excluding hydrogens is 486 g/mol. The number of carbonyl (C=O) groups excluding carboxylic acids is 1. The van der Waals surface area contributed by atoms with Gasteiger partial charge in [0.15, 0.2) is 5.13 Å². The minimum Gasteiger partial charge on any atom is -0.354 e. The molecule has 10 nitrogen and oxygen atoms in total. The normalized spacial score (nSPS) is 13.0. The molecule has 1 fully saturated rings. The molecule has 1 aromatic carbocycles. The van der Waals surface area contributed by atoms with Crippen molar-refractivity contribution in [3.05, 3.63) is 64.4 Å². The van der Waals surface area contributed by atoms with E-state index in [1.54, 1.807) is 18.6 Å². The van der Waals surface area contributed by atoms with Crippen LogP contribution in [-0.2, 0) is 6.54 Å². The van der Waals surface area contributed by atoms with Gasteiger partial charge in [-0.3, -0.25) is 10.1 Å². The number of carbonyl (C=O) groups is 1. The van der Waals surface area contributed by atoms with E-state index in [-0.39, 0.29) is 5.91 Å². The fourth-order valence-electron chi connectivity index (χ4n) is 3.43. The van der Waals surface area contributed by atoms with Crippen molar-refractivity contribution in [2.24, 2.45) is 0 Å². The van der Waals surface area contributed by atoms with Crippen LogP contribution < -0.4 is 16.0 Å². The van der Waals surface area contributed by atoms with Crippen LogP contribution in [0, 0.1) is 6.92 Å². The summed E-state index contributed by atoms with van der Waals surface area (Å²) < 4.78 is 2.03. The maximum atomic E-state index is 12.7. The lowest BCUT2D eigenvalue weighted by molar-refractivity contribution is 0.103. The summed E-state index contributed by atoms with van der Waals surface area (Å²) in [5.74, 6) is 1.78. The maximum Gasteiger partial charge on any atom is 0.267 e. The van der Waals surface area contributed by atoms with Crippen LogP contribution in [0.4, 0.5) is 22.7 Å². The molecule has 0 spiro atoms. The van der Waals surface area contributed by atoms with Crippen LogP contribution in [0.3, 0.4) is 0 Å². The molecule has 1 aliphatic rings. The second kappa shape index (κ2) is 10.4. The summed E-state index contributed by atoms with van der Waals surface area (Å²) in [6.07, 6.45) is 10.1. The van der Waals surface area contributed by atoms with Crippen LogP contribution in [0.15, 0.2) is 43.1 Å². The number of nitrogens with one attached hydrogen (secondary N) is 3. The van der Waals surface area contributed by atoms with E-state index < -0.39 is 0 Å². The van der Waals surface area contributed by atoms with E-state index in [4.69, 9.17) is 11.6 Å². The molecule has 4 aromatic rings. The summed E-state index contributed by atoms with van der Waals surface area (Å²) in [5, 5.41) is 10.3. The van der Waals surface area contributed by atoms with Gasteiger partial charge in [0.05, 0.1) is 23.2 Å². The Morgan fingerprint density at radius 2 is 2.09 bits per heavy atom. The Balaban J connectivity index is 1.24. The summed E-state index contributed by atoms with van der Waals surface area (Å²) in [6, 6.07) is 5.48. The summed E-state index contributed by atoms with van der Waals surface area (Å²) in [6.45, 7) is 3.47. The van der Waals surface area contributed by atoms with Gasteiger partial charge in [-0.25, -0.2) is 9.97 Å². The van der Waals surface area contributed by atoms with Gasteiger partial charge >= 0.3 is 0 Å². The molecule has 5 rings (SSSR count). The van der Waals surface area contributed by atoms with Crippen molar-refractivity contribution in [2.45, 2.75) is 38.6 Å². The van der Waals surface area contributed by atoms with Crippen molar-refractivity contribution in [3.8, 4) is 0 Å². The summed E-state index contributed by atoms with van der Waals surface area (Å²) in [4.78, 5) is 35.2. The van der Waals surface area contributed by atoms with Gasteiger partial charge in [-0.15, -0.1) is 0 Å². The van der Waals surface area contributed by atoms with Crippen LogP contribution in [0.5, 0.6) is 0 Å². The van der Waals surface area contributed by atoms with E-state index in [2.05, 4.69) is 40.9 Å². The average molecular weight is 510 g/mol. The third-order valence-electron chi connectivity index (χ3n) is 5.44. The van der Waals surface area contributed by atoms with Crippen LogP contribution in [-0.4, -0.2) is 41.9 Å². The first-order valence-electron chi connectivity index (χ1n) is 11.3. The lowest BCUT2D eigenvalue weighted by Gasteiger charge is -2.09. The van der Waals surface area contributed by atoms with Gasteiger partial charge in [-0.1, -0.05) is 35.1 Å². The molecule has 0 unspecified atom stereocenters. The van der Waals surface area contributed by atoms with E-state index in [1.807, 2.05) is 29.8 Å². The maximum absolute atomic E-state index is 12.7. The Morgan fingerprint density at radius 1 is 1.23 bits per heavy atom. The number of imidazole rings is 1. The summed E-state index contributed by atoms with van der Waals surface area (Å²) in [5.41, 5.74) is 1.48. The van der Waals surface area contributed by atoms with E-state index in [1.165, 1.54) is 17.5 Å². The number of hydrogen-bond acceptors (Lipinski definition) is 9. The number of anilines is 4. The quantitative estimate of drug-likeness (QED) is 0.259. The highest BCUT2D eigenvalue weighted by atomic mass is 35.5. The van der Waals surface area contributed by atoms with Gasteiger partial charge in [0, 0.05) is 31.4 Å². The molecule has 0 radical (unpaired) electrons. The number of benzene rings is 1. The van der Waals surface area contributed by atoms with Crippen LogP contribution in [0.1, 0.15) is 46.2 Å². The number of rotatable bonds is 10. The highest BCUT2D eigenvalue weighted by Gasteiger charge is 2.28. The Bertz CT molecular complexity index is 1300. The molecule has 1 saturated carbocycles. The van der Waals surface area contributed by atoms with Gasteiger partial charge in [0.1, 0.15) is 10.7 Å². The molecular formula is C23H24ClN9OS. The monoisotopic (exact) mass is 509 g/mol. The van der Waals surface area contributed by atoms with Crippen LogP contribution >= 0.6 is 22.9 Å². The van der Waals surface area contributed by atoms with Crippen molar-refractivity contribution in [1.82, 2.24) is 29.5 Å². The first-order valence-corrected chi connectivity index (χ1v) is 12.5. The molecule has 12 heteroatoms. The largest absolute Gasteiger partial charge is 0.354 e. The first kappa shape index (κ1) is 23.2. The number of aromatic nitrogens is 6. The van der Waals surface area contributed by atoms with Gasteiger partial charge in [0.2, 0.25) is 11.9 Å². The molecule has 3 N–H and O–H groups in total. The lowest BCUT2D eigenvalue weighted by Crippen LogP contribution is -2.12. The predicted octanol–water partition coefficient (Wildman–Crippen LogP) is 4.86. The SMILES string of the molecule is Cc1cccc(Cl)c1NC(=O)c1cnc(Nc2nc(NCCCn3ccnc3)nc(C3CC3)n2)s1. The second-order valence-corrected chi connectivity index (χ2v) is 9.67. The van der Waals surface area contributed by atoms with Crippen molar-refractivity contribution >= 4 is 51.6 Å². The summed E-state index contributed by atoms with van der Waals surface area (Å²) >= 11 is 7.45. The smallest absolute Gasteiger partial charge is 0.267 e. The van der Waals surface area contributed by atoms with Gasteiger partial charge < -0.3 is 15.2 Å². The minimum atomic E-state index is -0.277. The highest BCUT2D eigenvalue weighted by Crippen LogP contribution is 2.38. The predicted molar refractivity (Wildman–Crippen MR) is 137 cm³/mol. The second-order valence-electron chi connectivity index (χ2n) is 8.24. The Kier molecular flexibility index (Phi) is 6.87. The van der Waals surface area contributed by atoms with Crippen molar-refractivity contribution in [3.63, 3.8) is 0 Å². The molecule has 3 heterocycles. The average Bonchev–Trinajstić information content (AvgIpc) is 3.37. The van der Waals surface area contributed by atoms with E-state index in [9.17, 15) is 4.79 Å². The number of nitrogens with zero attached hydrogens (tertiary/aromatic N) is 6. The minimum absolute atomic E-state index is 0.277. The van der Waals surface area contributed by atoms with Gasteiger partial charge in [-0.05, 0) is 37.8 Å². The number of hydrogen-bond donors (Lipinski definition) is 3. The third-order valence-corrected chi connectivity index (χ3v) is 6.67. The van der Waals surface area contributed by atoms with Crippen LogP contribution in [0.25, 0.3) is 0 Å². The molecule has 0 bridgehead atoms. The van der Waals surface area contributed by atoms with Crippen LogP contribution in [0.2, 0.25) is 5.02 Å². The Morgan fingerprint density at radius 3 is 2.86 bits per heavy atom. The molecule has 180 valence electrons. The van der Waals surface area contributed by atoms with Gasteiger partial charge in [0.25, 0.3) is 5.91 Å².